The Hall–Kier alpha value is -2.27. The Morgan fingerprint density at radius 3 is 2.41 bits per heavy atom. The molecular weight excluding hydrogens is 504 g/mol. The van der Waals surface area contributed by atoms with E-state index in [4.69, 9.17) is 4.74 Å². The van der Waals surface area contributed by atoms with Crippen molar-refractivity contribution in [3.63, 3.8) is 0 Å². The molecular formula is C20H23FIN5OS. The fourth-order valence-electron chi connectivity index (χ4n) is 2.51. The summed E-state index contributed by atoms with van der Waals surface area (Å²) in [5.41, 5.74) is 2.03. The molecule has 2 N–H and O–H groups in total. The van der Waals surface area contributed by atoms with Gasteiger partial charge in [-0.15, -0.1) is 35.3 Å². The second kappa shape index (κ2) is 11.1. The molecule has 0 aliphatic heterocycles. The van der Waals surface area contributed by atoms with Gasteiger partial charge in [0, 0.05) is 30.7 Å². The summed E-state index contributed by atoms with van der Waals surface area (Å²) in [7, 11) is 1.73. The van der Waals surface area contributed by atoms with Gasteiger partial charge in [-0.05, 0) is 43.7 Å². The summed E-state index contributed by atoms with van der Waals surface area (Å²) in [4.78, 5) is 14.2. The topological polar surface area (TPSA) is 71.4 Å². The highest BCUT2D eigenvalue weighted by Crippen LogP contribution is 2.19. The van der Waals surface area contributed by atoms with Crippen LogP contribution in [0, 0.1) is 19.7 Å². The molecule has 29 heavy (non-hydrogen) atoms. The van der Waals surface area contributed by atoms with E-state index in [0.29, 0.717) is 30.7 Å². The van der Waals surface area contributed by atoms with E-state index in [1.807, 2.05) is 19.9 Å². The summed E-state index contributed by atoms with van der Waals surface area (Å²) in [5.74, 6) is 1.40. The van der Waals surface area contributed by atoms with Gasteiger partial charge < -0.3 is 15.4 Å². The summed E-state index contributed by atoms with van der Waals surface area (Å²) < 4.78 is 18.5. The van der Waals surface area contributed by atoms with Crippen LogP contribution < -0.4 is 15.4 Å². The highest BCUT2D eigenvalue weighted by atomic mass is 127. The number of hydrogen-bond acceptors (Lipinski definition) is 5. The van der Waals surface area contributed by atoms with Crippen molar-refractivity contribution in [2.45, 2.75) is 26.9 Å². The first-order valence-corrected chi connectivity index (χ1v) is 9.61. The van der Waals surface area contributed by atoms with Gasteiger partial charge in [-0.25, -0.2) is 14.4 Å². The van der Waals surface area contributed by atoms with Gasteiger partial charge in [0.2, 0.25) is 5.88 Å². The van der Waals surface area contributed by atoms with Gasteiger partial charge in [-0.2, -0.15) is 0 Å². The van der Waals surface area contributed by atoms with Gasteiger partial charge >= 0.3 is 0 Å². The van der Waals surface area contributed by atoms with Crippen molar-refractivity contribution in [2.75, 3.05) is 7.05 Å². The van der Waals surface area contributed by atoms with Gasteiger partial charge in [0.25, 0.3) is 0 Å². The van der Waals surface area contributed by atoms with Crippen molar-refractivity contribution in [2.24, 2.45) is 4.99 Å². The van der Waals surface area contributed by atoms with E-state index in [1.54, 1.807) is 42.8 Å². The normalized spacial score (nSPS) is 11.0. The minimum atomic E-state index is -0.302. The Morgan fingerprint density at radius 1 is 1.10 bits per heavy atom. The van der Waals surface area contributed by atoms with Crippen LogP contribution in [0.5, 0.6) is 11.6 Å². The lowest BCUT2D eigenvalue weighted by Crippen LogP contribution is -2.36. The molecule has 0 amide bonds. The maximum Gasteiger partial charge on any atom is 0.219 e. The van der Waals surface area contributed by atoms with E-state index in [-0.39, 0.29) is 29.8 Å². The van der Waals surface area contributed by atoms with E-state index in [1.165, 1.54) is 17.0 Å². The number of halogens is 2. The number of benzene rings is 1. The van der Waals surface area contributed by atoms with E-state index in [0.717, 1.165) is 16.3 Å². The molecule has 0 aliphatic rings. The SMILES string of the molecule is CN=C(NCc1ccc(Oc2ccc(F)cc2)nc1)NCc1sc(C)nc1C.I. The van der Waals surface area contributed by atoms with Crippen molar-refractivity contribution in [1.29, 1.82) is 0 Å². The first kappa shape index (κ1) is 23.0. The number of nitrogens with one attached hydrogen (secondary N) is 2. The van der Waals surface area contributed by atoms with Gasteiger partial charge in [0.15, 0.2) is 5.96 Å². The number of nitrogens with zero attached hydrogens (tertiary/aromatic N) is 3. The van der Waals surface area contributed by atoms with Crippen LogP contribution >= 0.6 is 35.3 Å². The van der Waals surface area contributed by atoms with E-state index in [2.05, 4.69) is 25.6 Å². The van der Waals surface area contributed by atoms with Gasteiger partial charge in [0.05, 0.1) is 17.2 Å². The number of aryl methyl sites for hydroxylation is 2. The Morgan fingerprint density at radius 2 is 1.83 bits per heavy atom. The maximum absolute atomic E-state index is 12.9. The van der Waals surface area contributed by atoms with Crippen LogP contribution in [0.25, 0.3) is 0 Å². The predicted octanol–water partition coefficient (Wildman–Crippen LogP) is 4.57. The monoisotopic (exact) mass is 527 g/mol. The molecule has 0 spiro atoms. The summed E-state index contributed by atoms with van der Waals surface area (Å²) in [6.45, 7) is 5.27. The minimum Gasteiger partial charge on any atom is -0.439 e. The summed E-state index contributed by atoms with van der Waals surface area (Å²) >= 11 is 1.68. The van der Waals surface area contributed by atoms with Crippen molar-refractivity contribution >= 4 is 41.3 Å². The second-order valence-corrected chi connectivity index (χ2v) is 7.37. The quantitative estimate of drug-likeness (QED) is 0.279. The predicted molar refractivity (Wildman–Crippen MR) is 125 cm³/mol. The third kappa shape index (κ3) is 6.93. The molecule has 0 bridgehead atoms. The number of aliphatic imine (C=N–C) groups is 1. The van der Waals surface area contributed by atoms with Crippen molar-refractivity contribution < 1.29 is 9.13 Å². The second-order valence-electron chi connectivity index (χ2n) is 6.08. The molecule has 0 saturated heterocycles. The fraction of sp³-hybridized carbons (Fsp3) is 0.250. The zero-order chi connectivity index (χ0) is 19.9. The molecule has 0 saturated carbocycles. The first-order chi connectivity index (χ1) is 13.5. The molecule has 2 heterocycles. The average molecular weight is 527 g/mol. The summed E-state index contributed by atoms with van der Waals surface area (Å²) in [6, 6.07) is 9.52. The number of rotatable bonds is 6. The molecule has 154 valence electrons. The van der Waals surface area contributed by atoms with Gasteiger partial charge in [-0.1, -0.05) is 6.07 Å². The number of aromatic nitrogens is 2. The van der Waals surface area contributed by atoms with E-state index in [9.17, 15) is 4.39 Å². The van der Waals surface area contributed by atoms with Crippen LogP contribution in [-0.4, -0.2) is 23.0 Å². The van der Waals surface area contributed by atoms with E-state index < -0.39 is 0 Å². The Labute approximate surface area is 190 Å². The van der Waals surface area contributed by atoms with Crippen molar-refractivity contribution in [3.8, 4) is 11.6 Å². The van der Waals surface area contributed by atoms with Crippen molar-refractivity contribution in [1.82, 2.24) is 20.6 Å². The molecule has 0 unspecified atom stereocenters. The van der Waals surface area contributed by atoms with Crippen LogP contribution in [-0.2, 0) is 13.1 Å². The average Bonchev–Trinajstić information content (AvgIpc) is 3.02. The molecule has 0 fully saturated rings. The number of guanidine groups is 1. The highest BCUT2D eigenvalue weighted by molar-refractivity contribution is 14.0. The third-order valence-corrected chi connectivity index (χ3v) is 5.01. The minimum absolute atomic E-state index is 0. The number of hydrogen-bond donors (Lipinski definition) is 2. The number of ether oxygens (including phenoxy) is 1. The molecule has 6 nitrogen and oxygen atoms in total. The summed E-state index contributed by atoms with van der Waals surface area (Å²) in [6.07, 6.45) is 1.73. The Bertz CT molecular complexity index is 945. The molecule has 9 heteroatoms. The lowest BCUT2D eigenvalue weighted by Gasteiger charge is -2.12. The molecule has 0 atom stereocenters. The zero-order valence-electron chi connectivity index (χ0n) is 16.4. The number of pyridine rings is 1. The first-order valence-electron chi connectivity index (χ1n) is 8.79. The summed E-state index contributed by atoms with van der Waals surface area (Å²) in [5, 5.41) is 7.61. The zero-order valence-corrected chi connectivity index (χ0v) is 19.5. The molecule has 3 aromatic rings. The van der Waals surface area contributed by atoms with Gasteiger partial charge in [-0.3, -0.25) is 4.99 Å². The number of thiazole rings is 1. The largest absolute Gasteiger partial charge is 0.439 e. The highest BCUT2D eigenvalue weighted by Gasteiger charge is 2.06. The van der Waals surface area contributed by atoms with E-state index >= 15 is 0 Å². The molecule has 0 radical (unpaired) electrons. The van der Waals surface area contributed by atoms with Crippen LogP contribution in [0.3, 0.4) is 0 Å². The van der Waals surface area contributed by atoms with Crippen LogP contribution in [0.4, 0.5) is 4.39 Å². The fourth-order valence-corrected chi connectivity index (χ4v) is 3.38. The maximum atomic E-state index is 12.9. The van der Waals surface area contributed by atoms with Crippen LogP contribution in [0.2, 0.25) is 0 Å². The standard InChI is InChI=1S/C20H22FN5OS.HI/c1-13-18(28-14(2)26-13)12-25-20(22-3)24-11-15-4-9-19(23-10-15)27-17-7-5-16(21)6-8-17;/h4-10H,11-12H2,1-3H3,(H2,22,24,25);1H. The molecule has 0 aliphatic carbocycles. The smallest absolute Gasteiger partial charge is 0.219 e. The molecule has 1 aromatic carbocycles. The van der Waals surface area contributed by atoms with Crippen LogP contribution in [0.15, 0.2) is 47.6 Å². The lowest BCUT2D eigenvalue weighted by atomic mass is 10.3. The van der Waals surface area contributed by atoms with Crippen LogP contribution in [0.1, 0.15) is 21.1 Å². The third-order valence-electron chi connectivity index (χ3n) is 3.93. The Balaban J connectivity index is 0.00000300. The lowest BCUT2D eigenvalue weighted by molar-refractivity contribution is 0.461. The van der Waals surface area contributed by atoms with Crippen molar-refractivity contribution in [3.05, 3.63) is 69.6 Å². The Kier molecular flexibility index (Phi) is 8.77. The van der Waals surface area contributed by atoms with Gasteiger partial charge in [0.1, 0.15) is 11.6 Å². The molecule has 2 aromatic heterocycles. The molecule has 3 rings (SSSR count).